The zero-order chi connectivity index (χ0) is 13.6. The maximum absolute atomic E-state index is 11.6. The second kappa shape index (κ2) is 6.71. The average Bonchev–Trinajstić information content (AvgIpc) is 3.23. The summed E-state index contributed by atoms with van der Waals surface area (Å²) in [6.45, 7) is 3.20. The van der Waals surface area contributed by atoms with Gasteiger partial charge in [-0.25, -0.2) is 0 Å². The lowest BCUT2D eigenvalue weighted by atomic mass is 10.1. The van der Waals surface area contributed by atoms with Crippen LogP contribution in [0, 0.1) is 0 Å². The molecule has 0 aliphatic carbocycles. The fraction of sp³-hybridized carbons (Fsp3) is 0.562. The molecule has 1 atom stereocenters. The lowest BCUT2D eigenvalue weighted by Gasteiger charge is -2.09. The van der Waals surface area contributed by atoms with E-state index in [1.165, 1.54) is 5.56 Å². The van der Waals surface area contributed by atoms with Gasteiger partial charge in [0.05, 0.1) is 6.61 Å². The molecule has 0 aromatic heterocycles. The number of unbranched alkanes of at least 4 members (excludes halogenated alkanes) is 1. The molecule has 1 aliphatic rings. The largest absolute Gasteiger partial charge is 0.463 e. The number of esters is 1. The summed E-state index contributed by atoms with van der Waals surface area (Å²) in [5.74, 6) is -0.101. The van der Waals surface area contributed by atoms with E-state index >= 15 is 0 Å². The third kappa shape index (κ3) is 4.67. The van der Waals surface area contributed by atoms with Crippen LogP contribution in [0.1, 0.15) is 38.2 Å². The van der Waals surface area contributed by atoms with E-state index in [1.54, 1.807) is 0 Å². The first-order valence-electron chi connectivity index (χ1n) is 7.08. The molecule has 0 saturated carbocycles. The van der Waals surface area contributed by atoms with E-state index in [2.05, 4.69) is 19.1 Å². The molecule has 1 aromatic carbocycles. The van der Waals surface area contributed by atoms with Crippen molar-refractivity contribution in [3.63, 3.8) is 0 Å². The van der Waals surface area contributed by atoms with Crippen LogP contribution in [0.2, 0.25) is 0 Å². The summed E-state index contributed by atoms with van der Waals surface area (Å²) < 4.78 is 10.6. The quantitative estimate of drug-likeness (QED) is 0.410. The van der Waals surface area contributed by atoms with Crippen LogP contribution in [-0.2, 0) is 20.7 Å². The highest BCUT2D eigenvalue weighted by Crippen LogP contribution is 2.30. The summed E-state index contributed by atoms with van der Waals surface area (Å²) in [7, 11) is 0. The Balaban J connectivity index is 1.54. The Bertz CT molecular complexity index is 396. The highest BCUT2D eigenvalue weighted by Gasteiger charge is 2.44. The lowest BCUT2D eigenvalue weighted by Crippen LogP contribution is -2.21. The number of aryl methyl sites for hydroxylation is 1. The molecule has 19 heavy (non-hydrogen) atoms. The molecule has 1 unspecified atom stereocenters. The van der Waals surface area contributed by atoms with Crippen LogP contribution in [0.25, 0.3) is 0 Å². The maximum Gasteiger partial charge on any atom is 0.305 e. The van der Waals surface area contributed by atoms with Crippen molar-refractivity contribution in [1.29, 1.82) is 0 Å². The van der Waals surface area contributed by atoms with E-state index in [0.29, 0.717) is 13.0 Å². The molecule has 0 amide bonds. The molecule has 1 aliphatic heterocycles. The second-order valence-corrected chi connectivity index (χ2v) is 5.18. The molecular weight excluding hydrogens is 240 g/mol. The Morgan fingerprint density at radius 3 is 2.68 bits per heavy atom. The van der Waals surface area contributed by atoms with E-state index in [4.69, 9.17) is 9.47 Å². The number of ether oxygens (including phenoxy) is 2. The summed E-state index contributed by atoms with van der Waals surface area (Å²) in [5, 5.41) is 0. The molecule has 0 N–H and O–H groups in total. The summed E-state index contributed by atoms with van der Waals surface area (Å²) in [6.07, 6.45) is 4.35. The number of hydrogen-bond acceptors (Lipinski definition) is 3. The number of carbonyl (C=O) groups is 1. The van der Waals surface area contributed by atoms with E-state index in [1.807, 2.05) is 18.2 Å². The fourth-order valence-corrected chi connectivity index (χ4v) is 2.02. The molecule has 2 rings (SSSR count). The zero-order valence-corrected chi connectivity index (χ0v) is 11.6. The van der Waals surface area contributed by atoms with Gasteiger partial charge in [-0.05, 0) is 31.2 Å². The van der Waals surface area contributed by atoms with Gasteiger partial charge in [-0.15, -0.1) is 0 Å². The van der Waals surface area contributed by atoms with Gasteiger partial charge in [-0.3, -0.25) is 4.79 Å². The van der Waals surface area contributed by atoms with Gasteiger partial charge in [-0.2, -0.15) is 0 Å². The third-order valence-electron chi connectivity index (χ3n) is 3.63. The number of epoxide rings is 1. The molecule has 104 valence electrons. The van der Waals surface area contributed by atoms with Crippen LogP contribution in [-0.4, -0.2) is 24.8 Å². The van der Waals surface area contributed by atoms with Crippen molar-refractivity contribution < 1.29 is 14.3 Å². The van der Waals surface area contributed by atoms with Crippen molar-refractivity contribution in [2.75, 3.05) is 13.2 Å². The summed E-state index contributed by atoms with van der Waals surface area (Å²) in [6, 6.07) is 10.3. The molecule has 1 saturated heterocycles. The Hall–Kier alpha value is -1.35. The lowest BCUT2D eigenvalue weighted by molar-refractivity contribution is -0.145. The minimum Gasteiger partial charge on any atom is -0.463 e. The minimum absolute atomic E-state index is 0.101. The SMILES string of the molecule is CCC1(COC(=O)CCCCc2ccccc2)CO1. The second-order valence-electron chi connectivity index (χ2n) is 5.18. The minimum atomic E-state index is -0.153. The van der Waals surface area contributed by atoms with Crippen molar-refractivity contribution in [3.05, 3.63) is 35.9 Å². The van der Waals surface area contributed by atoms with Crippen molar-refractivity contribution in [2.24, 2.45) is 0 Å². The van der Waals surface area contributed by atoms with Gasteiger partial charge in [0, 0.05) is 6.42 Å². The highest BCUT2D eigenvalue weighted by molar-refractivity contribution is 5.69. The fourth-order valence-electron chi connectivity index (χ4n) is 2.02. The van der Waals surface area contributed by atoms with Gasteiger partial charge >= 0.3 is 5.97 Å². The number of rotatable bonds is 8. The maximum atomic E-state index is 11.6. The molecule has 1 fully saturated rings. The van der Waals surface area contributed by atoms with E-state index < -0.39 is 0 Å². The Morgan fingerprint density at radius 2 is 2.05 bits per heavy atom. The topological polar surface area (TPSA) is 38.8 Å². The first-order chi connectivity index (χ1) is 9.24. The Labute approximate surface area is 114 Å². The van der Waals surface area contributed by atoms with Crippen molar-refractivity contribution in [2.45, 2.75) is 44.6 Å². The predicted octanol–water partition coefficient (Wildman–Crippen LogP) is 3.12. The van der Waals surface area contributed by atoms with Gasteiger partial charge in [0.2, 0.25) is 0 Å². The van der Waals surface area contributed by atoms with Crippen LogP contribution in [0.5, 0.6) is 0 Å². The number of carbonyl (C=O) groups excluding carboxylic acids is 1. The zero-order valence-electron chi connectivity index (χ0n) is 11.6. The Kier molecular flexibility index (Phi) is 4.97. The van der Waals surface area contributed by atoms with Crippen LogP contribution in [0.4, 0.5) is 0 Å². The van der Waals surface area contributed by atoms with Gasteiger partial charge in [0.25, 0.3) is 0 Å². The molecule has 1 aromatic rings. The van der Waals surface area contributed by atoms with Crippen molar-refractivity contribution in [1.82, 2.24) is 0 Å². The molecule has 3 nitrogen and oxygen atoms in total. The highest BCUT2D eigenvalue weighted by atomic mass is 16.6. The van der Waals surface area contributed by atoms with E-state index in [-0.39, 0.29) is 11.6 Å². The van der Waals surface area contributed by atoms with Crippen LogP contribution >= 0.6 is 0 Å². The Morgan fingerprint density at radius 1 is 1.32 bits per heavy atom. The number of benzene rings is 1. The van der Waals surface area contributed by atoms with Gasteiger partial charge in [-0.1, -0.05) is 37.3 Å². The van der Waals surface area contributed by atoms with Gasteiger partial charge in [0.1, 0.15) is 12.2 Å². The molecule has 0 bridgehead atoms. The summed E-state index contributed by atoms with van der Waals surface area (Å²) >= 11 is 0. The normalized spacial score (nSPS) is 21.1. The average molecular weight is 262 g/mol. The van der Waals surface area contributed by atoms with Crippen molar-refractivity contribution in [3.8, 4) is 0 Å². The van der Waals surface area contributed by atoms with Gasteiger partial charge in [0.15, 0.2) is 0 Å². The van der Waals surface area contributed by atoms with E-state index in [0.717, 1.165) is 32.3 Å². The molecule has 3 heteroatoms. The predicted molar refractivity (Wildman–Crippen MR) is 73.9 cm³/mol. The van der Waals surface area contributed by atoms with Crippen LogP contribution in [0.15, 0.2) is 30.3 Å². The first kappa shape index (κ1) is 14.1. The van der Waals surface area contributed by atoms with Crippen molar-refractivity contribution >= 4 is 5.97 Å². The molecule has 0 spiro atoms. The van der Waals surface area contributed by atoms with Crippen LogP contribution < -0.4 is 0 Å². The third-order valence-corrected chi connectivity index (χ3v) is 3.63. The van der Waals surface area contributed by atoms with E-state index in [9.17, 15) is 4.79 Å². The standard InChI is InChI=1S/C16H22O3/c1-2-16(13-19-16)12-18-15(17)11-7-6-10-14-8-4-3-5-9-14/h3-5,8-9H,2,6-7,10-13H2,1H3. The summed E-state index contributed by atoms with van der Waals surface area (Å²) in [4.78, 5) is 11.6. The van der Waals surface area contributed by atoms with Gasteiger partial charge < -0.3 is 9.47 Å². The van der Waals surface area contributed by atoms with Crippen LogP contribution in [0.3, 0.4) is 0 Å². The first-order valence-corrected chi connectivity index (χ1v) is 7.08. The molecule has 1 heterocycles. The monoisotopic (exact) mass is 262 g/mol. The number of hydrogen-bond donors (Lipinski definition) is 0. The molecular formula is C16H22O3. The summed E-state index contributed by atoms with van der Waals surface area (Å²) in [5.41, 5.74) is 1.17. The molecule has 0 radical (unpaired) electrons. The smallest absolute Gasteiger partial charge is 0.305 e.